The predicted molar refractivity (Wildman–Crippen MR) is 65.4 cm³/mol. The summed E-state index contributed by atoms with van der Waals surface area (Å²) in [6.07, 6.45) is 1.67. The number of rotatable bonds is 3. The number of aromatic nitrogens is 1. The van der Waals surface area contributed by atoms with Crippen molar-refractivity contribution in [1.29, 1.82) is 0 Å². The van der Waals surface area contributed by atoms with E-state index in [1.807, 2.05) is 19.9 Å². The smallest absolute Gasteiger partial charge is 0.197 e. The van der Waals surface area contributed by atoms with E-state index in [-0.39, 0.29) is 5.54 Å². The molecule has 0 bridgehead atoms. The lowest BCUT2D eigenvalue weighted by Crippen LogP contribution is -2.34. The summed E-state index contributed by atoms with van der Waals surface area (Å²) in [7, 11) is 0. The van der Waals surface area contributed by atoms with Crippen LogP contribution in [0.2, 0.25) is 0 Å². The summed E-state index contributed by atoms with van der Waals surface area (Å²) in [4.78, 5) is 4.46. The predicted octanol–water partition coefficient (Wildman–Crippen LogP) is 2.67. The zero-order valence-electron chi connectivity index (χ0n) is 10.1. The van der Waals surface area contributed by atoms with E-state index in [2.05, 4.69) is 24.0 Å². The number of oxazole rings is 1. The Labute approximate surface area is 95.7 Å². The van der Waals surface area contributed by atoms with Crippen molar-refractivity contribution in [2.24, 2.45) is 5.73 Å². The third-order valence-electron chi connectivity index (χ3n) is 2.51. The minimum atomic E-state index is -0.283. The average molecular weight is 218 g/mol. The SMILES string of the molecule is CCc1ccc2oc(CC(C)(C)N)nc2c1. The Kier molecular flexibility index (Phi) is 2.72. The molecule has 16 heavy (non-hydrogen) atoms. The molecule has 2 rings (SSSR count). The molecule has 0 atom stereocenters. The minimum Gasteiger partial charge on any atom is -0.441 e. The largest absolute Gasteiger partial charge is 0.441 e. The van der Waals surface area contributed by atoms with Crippen LogP contribution in [0.4, 0.5) is 0 Å². The Hall–Kier alpha value is -1.35. The number of hydrogen-bond acceptors (Lipinski definition) is 3. The summed E-state index contributed by atoms with van der Waals surface area (Å²) < 4.78 is 5.65. The van der Waals surface area contributed by atoms with Crippen LogP contribution in [-0.2, 0) is 12.8 Å². The van der Waals surface area contributed by atoms with Crippen molar-refractivity contribution in [1.82, 2.24) is 4.98 Å². The lowest BCUT2D eigenvalue weighted by Gasteiger charge is -2.14. The molecule has 2 N–H and O–H groups in total. The molecule has 0 aliphatic heterocycles. The van der Waals surface area contributed by atoms with Crippen LogP contribution in [0, 0.1) is 0 Å². The Bertz CT molecular complexity index is 494. The van der Waals surface area contributed by atoms with Gasteiger partial charge in [0.2, 0.25) is 0 Å². The standard InChI is InChI=1S/C13H18N2O/c1-4-9-5-6-11-10(7-9)15-12(16-11)8-13(2,3)14/h5-7H,4,8,14H2,1-3H3. The van der Waals surface area contributed by atoms with Gasteiger partial charge in [-0.05, 0) is 38.0 Å². The first-order chi connectivity index (χ1) is 7.48. The van der Waals surface area contributed by atoms with Gasteiger partial charge in [0.25, 0.3) is 0 Å². The molecule has 0 aliphatic carbocycles. The van der Waals surface area contributed by atoms with E-state index in [1.54, 1.807) is 0 Å². The fourth-order valence-electron chi connectivity index (χ4n) is 1.71. The fourth-order valence-corrected chi connectivity index (χ4v) is 1.71. The van der Waals surface area contributed by atoms with Gasteiger partial charge in [0.05, 0.1) is 0 Å². The molecule has 0 fully saturated rings. The van der Waals surface area contributed by atoms with Crippen molar-refractivity contribution in [3.63, 3.8) is 0 Å². The zero-order chi connectivity index (χ0) is 11.8. The van der Waals surface area contributed by atoms with Gasteiger partial charge in [-0.3, -0.25) is 0 Å². The first kappa shape index (κ1) is 11.1. The third-order valence-corrected chi connectivity index (χ3v) is 2.51. The molecular formula is C13H18N2O. The second-order valence-corrected chi connectivity index (χ2v) is 4.93. The Morgan fingerprint density at radius 2 is 2.12 bits per heavy atom. The topological polar surface area (TPSA) is 52.0 Å². The van der Waals surface area contributed by atoms with Crippen LogP contribution in [0.15, 0.2) is 22.6 Å². The summed E-state index contributed by atoms with van der Waals surface area (Å²) in [6.45, 7) is 6.07. The van der Waals surface area contributed by atoms with Gasteiger partial charge < -0.3 is 10.2 Å². The molecule has 0 unspecified atom stereocenters. The molecule has 3 heteroatoms. The van der Waals surface area contributed by atoms with Crippen LogP contribution in [0.25, 0.3) is 11.1 Å². The van der Waals surface area contributed by atoms with Gasteiger partial charge >= 0.3 is 0 Å². The normalized spacial score (nSPS) is 12.2. The van der Waals surface area contributed by atoms with Gasteiger partial charge in [-0.1, -0.05) is 13.0 Å². The van der Waals surface area contributed by atoms with Crippen LogP contribution in [0.3, 0.4) is 0 Å². The molecule has 0 amide bonds. The number of nitrogens with two attached hydrogens (primary N) is 1. The Balaban J connectivity index is 2.36. The maximum atomic E-state index is 5.95. The van der Waals surface area contributed by atoms with Gasteiger partial charge in [-0.15, -0.1) is 0 Å². The summed E-state index contributed by atoms with van der Waals surface area (Å²) in [5, 5.41) is 0. The number of benzene rings is 1. The highest BCUT2D eigenvalue weighted by Crippen LogP contribution is 2.19. The van der Waals surface area contributed by atoms with Gasteiger partial charge in [-0.2, -0.15) is 0 Å². The van der Waals surface area contributed by atoms with Crippen molar-refractivity contribution in [2.75, 3.05) is 0 Å². The van der Waals surface area contributed by atoms with Crippen molar-refractivity contribution in [3.05, 3.63) is 29.7 Å². The molecule has 0 spiro atoms. The highest BCUT2D eigenvalue weighted by Gasteiger charge is 2.16. The fraction of sp³-hybridized carbons (Fsp3) is 0.462. The van der Waals surface area contributed by atoms with Crippen molar-refractivity contribution >= 4 is 11.1 Å². The average Bonchev–Trinajstić information content (AvgIpc) is 2.55. The van der Waals surface area contributed by atoms with Gasteiger partial charge in [0.15, 0.2) is 11.5 Å². The molecule has 1 heterocycles. The second kappa shape index (κ2) is 3.91. The van der Waals surface area contributed by atoms with Gasteiger partial charge in [0, 0.05) is 12.0 Å². The zero-order valence-corrected chi connectivity index (χ0v) is 10.1. The van der Waals surface area contributed by atoms with Crippen molar-refractivity contribution in [2.45, 2.75) is 39.2 Å². The van der Waals surface area contributed by atoms with E-state index in [0.29, 0.717) is 6.42 Å². The van der Waals surface area contributed by atoms with E-state index < -0.39 is 0 Å². The number of hydrogen-bond donors (Lipinski definition) is 1. The van der Waals surface area contributed by atoms with Crippen LogP contribution in [0.1, 0.15) is 32.2 Å². The van der Waals surface area contributed by atoms with E-state index >= 15 is 0 Å². The molecule has 86 valence electrons. The molecule has 1 aromatic carbocycles. The quantitative estimate of drug-likeness (QED) is 0.861. The second-order valence-electron chi connectivity index (χ2n) is 4.93. The van der Waals surface area contributed by atoms with E-state index in [0.717, 1.165) is 23.4 Å². The maximum absolute atomic E-state index is 5.95. The van der Waals surface area contributed by atoms with Crippen molar-refractivity contribution < 1.29 is 4.42 Å². The molecule has 1 aromatic heterocycles. The van der Waals surface area contributed by atoms with E-state index in [9.17, 15) is 0 Å². The van der Waals surface area contributed by atoms with Crippen LogP contribution in [-0.4, -0.2) is 10.5 Å². The minimum absolute atomic E-state index is 0.283. The highest BCUT2D eigenvalue weighted by atomic mass is 16.3. The van der Waals surface area contributed by atoms with E-state index in [4.69, 9.17) is 10.2 Å². The van der Waals surface area contributed by atoms with E-state index in [1.165, 1.54) is 5.56 Å². The first-order valence-electron chi connectivity index (χ1n) is 5.65. The van der Waals surface area contributed by atoms with Crippen LogP contribution < -0.4 is 5.73 Å². The third kappa shape index (κ3) is 2.42. The number of nitrogens with zero attached hydrogens (tertiary/aromatic N) is 1. The summed E-state index contributed by atoms with van der Waals surface area (Å²) in [5.74, 6) is 0.718. The first-order valence-corrected chi connectivity index (χ1v) is 5.65. The van der Waals surface area contributed by atoms with Crippen molar-refractivity contribution in [3.8, 4) is 0 Å². The van der Waals surface area contributed by atoms with Crippen LogP contribution in [0.5, 0.6) is 0 Å². The lowest BCUT2D eigenvalue weighted by molar-refractivity contribution is 0.433. The van der Waals surface area contributed by atoms with Gasteiger partial charge in [-0.25, -0.2) is 4.98 Å². The molecule has 0 radical (unpaired) electrons. The molecule has 0 aliphatic rings. The van der Waals surface area contributed by atoms with Gasteiger partial charge in [0.1, 0.15) is 5.52 Å². The Morgan fingerprint density at radius 1 is 1.38 bits per heavy atom. The maximum Gasteiger partial charge on any atom is 0.197 e. The molecule has 0 saturated carbocycles. The molecule has 3 nitrogen and oxygen atoms in total. The highest BCUT2D eigenvalue weighted by molar-refractivity contribution is 5.73. The number of fused-ring (bicyclic) bond motifs is 1. The summed E-state index contributed by atoms with van der Waals surface area (Å²) >= 11 is 0. The monoisotopic (exact) mass is 218 g/mol. The molecule has 0 saturated heterocycles. The number of aryl methyl sites for hydroxylation is 1. The molecule has 2 aromatic rings. The van der Waals surface area contributed by atoms with Crippen LogP contribution >= 0.6 is 0 Å². The Morgan fingerprint density at radius 3 is 2.75 bits per heavy atom. The lowest BCUT2D eigenvalue weighted by atomic mass is 10.0. The summed E-state index contributed by atoms with van der Waals surface area (Å²) in [5.41, 5.74) is 8.71. The summed E-state index contributed by atoms with van der Waals surface area (Å²) in [6, 6.07) is 6.13. The molecular weight excluding hydrogens is 200 g/mol.